The summed E-state index contributed by atoms with van der Waals surface area (Å²) < 4.78 is 5.02. The molecule has 2 amide bonds. The Morgan fingerprint density at radius 2 is 1.93 bits per heavy atom. The highest BCUT2D eigenvalue weighted by Gasteiger charge is 2.25. The standard InChI is InChI=1S/C18H18ClN3O4S/c1-4-26-17(24)14-10(2)15(11(3)23)27-16(14)21-18(25)22-20-9-12-5-7-13(19)8-6-12/h5-9H,4H2,1-3H3,(H2,21,22,25)/b20-9-. The van der Waals surface area contributed by atoms with Gasteiger partial charge in [-0.15, -0.1) is 11.3 Å². The zero-order valence-electron chi connectivity index (χ0n) is 15.0. The minimum atomic E-state index is -0.651. The zero-order chi connectivity index (χ0) is 20.0. The molecule has 142 valence electrons. The molecule has 2 N–H and O–H groups in total. The Morgan fingerprint density at radius 3 is 2.52 bits per heavy atom. The number of Topliss-reactive ketones (excluding diaryl/α,β-unsaturated/α-hetero) is 1. The van der Waals surface area contributed by atoms with Gasteiger partial charge in [-0.2, -0.15) is 5.10 Å². The van der Waals surface area contributed by atoms with E-state index in [1.165, 1.54) is 13.1 Å². The third-order valence-corrected chi connectivity index (χ3v) is 4.98. The number of amides is 2. The fourth-order valence-corrected chi connectivity index (χ4v) is 3.44. The Balaban J connectivity index is 2.14. The van der Waals surface area contributed by atoms with E-state index in [9.17, 15) is 14.4 Å². The number of urea groups is 1. The number of halogens is 1. The first kappa shape index (κ1) is 20.6. The molecule has 0 aliphatic rings. The number of nitrogens with zero attached hydrogens (tertiary/aromatic N) is 1. The lowest BCUT2D eigenvalue weighted by Crippen LogP contribution is -2.24. The monoisotopic (exact) mass is 407 g/mol. The quantitative estimate of drug-likeness (QED) is 0.324. The van der Waals surface area contributed by atoms with Crippen LogP contribution < -0.4 is 10.7 Å². The van der Waals surface area contributed by atoms with Crippen LogP contribution in [0, 0.1) is 6.92 Å². The van der Waals surface area contributed by atoms with Gasteiger partial charge in [0.05, 0.1) is 23.3 Å². The van der Waals surface area contributed by atoms with Crippen molar-refractivity contribution in [2.24, 2.45) is 5.10 Å². The van der Waals surface area contributed by atoms with Crippen molar-refractivity contribution >= 4 is 51.9 Å². The summed E-state index contributed by atoms with van der Waals surface area (Å²) >= 11 is 6.82. The first-order valence-corrected chi connectivity index (χ1v) is 9.20. The van der Waals surface area contributed by atoms with E-state index in [2.05, 4.69) is 15.8 Å². The third-order valence-electron chi connectivity index (χ3n) is 3.42. The number of carbonyl (C=O) groups excluding carboxylic acids is 3. The van der Waals surface area contributed by atoms with E-state index >= 15 is 0 Å². The highest BCUT2D eigenvalue weighted by atomic mass is 35.5. The predicted octanol–water partition coefficient (Wildman–Crippen LogP) is 4.24. The van der Waals surface area contributed by atoms with Gasteiger partial charge in [-0.1, -0.05) is 23.7 Å². The summed E-state index contributed by atoms with van der Waals surface area (Å²) in [6.45, 7) is 4.90. The molecule has 27 heavy (non-hydrogen) atoms. The zero-order valence-corrected chi connectivity index (χ0v) is 16.5. The Hall–Kier alpha value is -2.71. The molecule has 0 spiro atoms. The lowest BCUT2D eigenvalue weighted by molar-refractivity contribution is 0.0527. The van der Waals surface area contributed by atoms with Crippen LogP contribution in [0.3, 0.4) is 0 Å². The highest BCUT2D eigenvalue weighted by Crippen LogP contribution is 2.34. The van der Waals surface area contributed by atoms with Crippen molar-refractivity contribution in [1.82, 2.24) is 5.43 Å². The molecular weight excluding hydrogens is 390 g/mol. The first-order valence-electron chi connectivity index (χ1n) is 8.00. The molecule has 0 aliphatic carbocycles. The number of nitrogens with one attached hydrogen (secondary N) is 2. The van der Waals surface area contributed by atoms with E-state index in [1.54, 1.807) is 38.1 Å². The van der Waals surface area contributed by atoms with Crippen molar-refractivity contribution in [2.75, 3.05) is 11.9 Å². The van der Waals surface area contributed by atoms with Gasteiger partial charge in [-0.05, 0) is 44.0 Å². The molecule has 2 aromatic rings. The van der Waals surface area contributed by atoms with E-state index in [1.807, 2.05) is 0 Å². The maximum absolute atomic E-state index is 12.2. The summed E-state index contributed by atoms with van der Waals surface area (Å²) in [4.78, 5) is 36.4. The van der Waals surface area contributed by atoms with Crippen LogP contribution in [0.5, 0.6) is 0 Å². The average Bonchev–Trinajstić information content (AvgIpc) is 2.93. The molecule has 1 aromatic heterocycles. The number of rotatable bonds is 6. The Bertz CT molecular complexity index is 891. The van der Waals surface area contributed by atoms with Crippen LogP contribution in [0.15, 0.2) is 29.4 Å². The molecule has 1 aromatic carbocycles. The highest BCUT2D eigenvalue weighted by molar-refractivity contribution is 7.18. The molecule has 2 rings (SSSR count). The number of esters is 1. The number of carbonyl (C=O) groups is 3. The second-order valence-electron chi connectivity index (χ2n) is 5.41. The van der Waals surface area contributed by atoms with Crippen LogP contribution in [-0.4, -0.2) is 30.6 Å². The summed E-state index contributed by atoms with van der Waals surface area (Å²) in [7, 11) is 0. The molecule has 0 unspecified atom stereocenters. The van der Waals surface area contributed by atoms with Crippen LogP contribution in [0.25, 0.3) is 0 Å². The van der Waals surface area contributed by atoms with Crippen molar-refractivity contribution in [2.45, 2.75) is 20.8 Å². The van der Waals surface area contributed by atoms with Crippen LogP contribution in [0.4, 0.5) is 9.80 Å². The minimum Gasteiger partial charge on any atom is -0.462 e. The van der Waals surface area contributed by atoms with Crippen LogP contribution in [-0.2, 0) is 4.74 Å². The molecule has 0 radical (unpaired) electrons. The topological polar surface area (TPSA) is 96.9 Å². The van der Waals surface area contributed by atoms with E-state index in [0.717, 1.165) is 16.9 Å². The van der Waals surface area contributed by atoms with E-state index < -0.39 is 12.0 Å². The summed E-state index contributed by atoms with van der Waals surface area (Å²) in [6, 6.07) is 6.23. The summed E-state index contributed by atoms with van der Waals surface area (Å²) in [5, 5.41) is 7.20. The fraction of sp³-hybridized carbons (Fsp3) is 0.222. The van der Waals surface area contributed by atoms with Crippen molar-refractivity contribution in [3.8, 4) is 0 Å². The smallest absolute Gasteiger partial charge is 0.341 e. The fourth-order valence-electron chi connectivity index (χ4n) is 2.23. The number of ether oxygens (including phenoxy) is 1. The van der Waals surface area contributed by atoms with Crippen LogP contribution in [0.2, 0.25) is 5.02 Å². The minimum absolute atomic E-state index is 0.170. The van der Waals surface area contributed by atoms with Gasteiger partial charge in [0.15, 0.2) is 5.78 Å². The van der Waals surface area contributed by atoms with Crippen molar-refractivity contribution in [1.29, 1.82) is 0 Å². The maximum atomic E-state index is 12.2. The van der Waals surface area contributed by atoms with Crippen molar-refractivity contribution < 1.29 is 19.1 Å². The first-order chi connectivity index (χ1) is 12.8. The molecule has 0 aliphatic heterocycles. The van der Waals surface area contributed by atoms with E-state index in [4.69, 9.17) is 16.3 Å². The van der Waals surface area contributed by atoms with Gasteiger partial charge < -0.3 is 4.74 Å². The molecule has 0 atom stereocenters. The third kappa shape index (κ3) is 5.38. The SMILES string of the molecule is CCOC(=O)c1c(NC(=O)N/N=C\c2ccc(Cl)cc2)sc(C(C)=O)c1C. The van der Waals surface area contributed by atoms with Crippen molar-refractivity contribution in [3.63, 3.8) is 0 Å². The molecule has 0 fully saturated rings. The molecule has 7 nitrogen and oxygen atoms in total. The second kappa shape index (κ2) is 9.29. The number of ketones is 1. The lowest BCUT2D eigenvalue weighted by Gasteiger charge is -2.06. The summed E-state index contributed by atoms with van der Waals surface area (Å²) in [6.07, 6.45) is 1.45. The van der Waals surface area contributed by atoms with Gasteiger partial charge in [-0.3, -0.25) is 10.1 Å². The number of hydrogen-bond acceptors (Lipinski definition) is 6. The molecule has 9 heteroatoms. The van der Waals surface area contributed by atoms with Gasteiger partial charge in [0, 0.05) is 5.02 Å². The number of thiophene rings is 1. The average molecular weight is 408 g/mol. The molecule has 0 saturated heterocycles. The van der Waals surface area contributed by atoms with E-state index in [-0.39, 0.29) is 23.0 Å². The lowest BCUT2D eigenvalue weighted by atomic mass is 10.1. The van der Waals surface area contributed by atoms with Gasteiger partial charge in [0.2, 0.25) is 0 Å². The summed E-state index contributed by atoms with van der Waals surface area (Å²) in [5.74, 6) is -0.795. The summed E-state index contributed by atoms with van der Waals surface area (Å²) in [5.41, 5.74) is 3.70. The molecule has 1 heterocycles. The van der Waals surface area contributed by atoms with Crippen molar-refractivity contribution in [3.05, 3.63) is 50.9 Å². The number of anilines is 1. The van der Waals surface area contributed by atoms with Crippen LogP contribution >= 0.6 is 22.9 Å². The maximum Gasteiger partial charge on any atom is 0.341 e. The van der Waals surface area contributed by atoms with E-state index in [0.29, 0.717) is 15.5 Å². The normalized spacial score (nSPS) is 10.7. The number of hydrazone groups is 1. The van der Waals surface area contributed by atoms with Gasteiger partial charge >= 0.3 is 12.0 Å². The molecule has 0 saturated carbocycles. The number of hydrogen-bond donors (Lipinski definition) is 2. The van der Waals surface area contributed by atoms with Crippen LogP contribution in [0.1, 0.15) is 45.0 Å². The second-order valence-corrected chi connectivity index (χ2v) is 6.87. The van der Waals surface area contributed by atoms with Gasteiger partial charge in [0.25, 0.3) is 0 Å². The Morgan fingerprint density at radius 1 is 1.26 bits per heavy atom. The largest absolute Gasteiger partial charge is 0.462 e. The van der Waals surface area contributed by atoms with Gasteiger partial charge in [0.1, 0.15) is 5.00 Å². The predicted molar refractivity (Wildman–Crippen MR) is 106 cm³/mol. The van der Waals surface area contributed by atoms with Gasteiger partial charge in [-0.25, -0.2) is 15.0 Å². The molecule has 0 bridgehead atoms. The molecular formula is C18H18ClN3O4S. The number of benzene rings is 1. The Kier molecular flexibility index (Phi) is 7.09. The Labute approximate surface area is 165 Å².